The second kappa shape index (κ2) is 9.47. The zero-order valence-electron chi connectivity index (χ0n) is 19.6. The Bertz CT molecular complexity index is 1260. The Kier molecular flexibility index (Phi) is 6.63. The van der Waals surface area contributed by atoms with E-state index in [1.54, 1.807) is 28.9 Å². The van der Waals surface area contributed by atoms with Crippen LogP contribution >= 0.6 is 11.6 Å². The third-order valence-electron chi connectivity index (χ3n) is 6.20. The van der Waals surface area contributed by atoms with Crippen molar-refractivity contribution in [3.8, 4) is 6.07 Å². The maximum atomic E-state index is 13.4. The smallest absolute Gasteiger partial charge is 0.273 e. The molecule has 1 atom stereocenters. The van der Waals surface area contributed by atoms with Crippen LogP contribution < -0.4 is 10.6 Å². The lowest BCUT2D eigenvalue weighted by atomic mass is 9.85. The summed E-state index contributed by atoms with van der Waals surface area (Å²) in [5, 5.41) is 20.7. The second-order valence-electron chi connectivity index (χ2n) is 9.89. The highest BCUT2D eigenvalue weighted by Gasteiger charge is 2.35. The molecule has 0 spiro atoms. The van der Waals surface area contributed by atoms with Gasteiger partial charge in [0.15, 0.2) is 5.69 Å². The molecule has 0 bridgehead atoms. The normalized spacial score (nSPS) is 14.8. The quantitative estimate of drug-likeness (QED) is 0.548. The molecule has 1 saturated carbocycles. The third kappa shape index (κ3) is 5.07. The van der Waals surface area contributed by atoms with Crippen molar-refractivity contribution in [2.24, 2.45) is 5.41 Å². The van der Waals surface area contributed by atoms with Gasteiger partial charge in [0.2, 0.25) is 5.91 Å². The first-order chi connectivity index (χ1) is 16.2. The number of nitriles is 1. The summed E-state index contributed by atoms with van der Waals surface area (Å²) in [6, 6.07) is 14.1. The zero-order chi connectivity index (χ0) is 24.5. The number of carbonyl (C=O) groups excluding carboxylic acids is 2. The molecule has 3 aromatic rings. The van der Waals surface area contributed by atoms with Crippen molar-refractivity contribution in [2.75, 3.05) is 0 Å². The number of rotatable bonds is 6. The number of hydrogen-bond donors (Lipinski definition) is 2. The third-order valence-corrected chi connectivity index (χ3v) is 6.43. The van der Waals surface area contributed by atoms with Gasteiger partial charge in [-0.1, -0.05) is 44.5 Å². The van der Waals surface area contributed by atoms with E-state index in [0.717, 1.165) is 30.3 Å². The highest BCUT2D eigenvalue weighted by Crippen LogP contribution is 2.26. The van der Waals surface area contributed by atoms with Crippen molar-refractivity contribution in [3.05, 3.63) is 64.3 Å². The van der Waals surface area contributed by atoms with Gasteiger partial charge in [-0.25, -0.2) is 0 Å². The average molecular weight is 478 g/mol. The van der Waals surface area contributed by atoms with Crippen LogP contribution in [0, 0.1) is 16.7 Å². The minimum absolute atomic E-state index is 0.176. The fourth-order valence-electron chi connectivity index (χ4n) is 4.01. The first-order valence-corrected chi connectivity index (χ1v) is 11.8. The fraction of sp³-hybridized carbons (Fsp3) is 0.385. The molecule has 0 aliphatic heterocycles. The number of halogens is 1. The fourth-order valence-corrected chi connectivity index (χ4v) is 4.18. The van der Waals surface area contributed by atoms with Crippen molar-refractivity contribution in [3.63, 3.8) is 0 Å². The summed E-state index contributed by atoms with van der Waals surface area (Å²) in [7, 11) is 0. The maximum Gasteiger partial charge on any atom is 0.273 e. The summed E-state index contributed by atoms with van der Waals surface area (Å²) < 4.78 is 1.74. The Labute approximate surface area is 204 Å². The van der Waals surface area contributed by atoms with Gasteiger partial charge in [0.05, 0.1) is 23.7 Å². The Morgan fingerprint density at radius 2 is 1.91 bits per heavy atom. The van der Waals surface area contributed by atoms with Gasteiger partial charge in [-0.3, -0.25) is 14.3 Å². The van der Waals surface area contributed by atoms with Crippen LogP contribution in [0.1, 0.15) is 61.6 Å². The Morgan fingerprint density at radius 1 is 1.21 bits per heavy atom. The topological polar surface area (TPSA) is 99.8 Å². The van der Waals surface area contributed by atoms with Gasteiger partial charge in [-0.05, 0) is 60.6 Å². The molecule has 2 amide bonds. The molecule has 1 heterocycles. The summed E-state index contributed by atoms with van der Waals surface area (Å²) >= 11 is 6.24. The van der Waals surface area contributed by atoms with E-state index in [-0.39, 0.29) is 17.6 Å². The number of benzene rings is 2. The Morgan fingerprint density at radius 3 is 2.50 bits per heavy atom. The standard InChI is InChI=1S/C26H28ClN5O2/c1-26(2,3)23(25(34)29-19-5-4-6-19)30-24(33)22-20-13-18(27)11-12-21(20)32(31-22)15-17-9-7-16(14-28)8-10-17/h7-13,19,23H,4-6,15H2,1-3H3,(H,29,34)(H,30,33)/t23-/m1/s1. The van der Waals surface area contributed by atoms with Gasteiger partial charge in [-0.15, -0.1) is 0 Å². The van der Waals surface area contributed by atoms with Crippen molar-refractivity contribution in [2.45, 2.75) is 58.7 Å². The molecule has 176 valence electrons. The minimum atomic E-state index is -0.710. The minimum Gasteiger partial charge on any atom is -0.352 e. The first kappa shape index (κ1) is 23.8. The monoisotopic (exact) mass is 477 g/mol. The van der Waals surface area contributed by atoms with Crippen molar-refractivity contribution < 1.29 is 9.59 Å². The van der Waals surface area contributed by atoms with E-state index in [2.05, 4.69) is 21.8 Å². The Hall–Kier alpha value is -3.37. The van der Waals surface area contributed by atoms with Crippen LogP contribution in [-0.4, -0.2) is 33.7 Å². The van der Waals surface area contributed by atoms with Crippen molar-refractivity contribution >= 4 is 34.3 Å². The van der Waals surface area contributed by atoms with E-state index in [9.17, 15) is 9.59 Å². The predicted molar refractivity (Wildman–Crippen MR) is 131 cm³/mol. The summed E-state index contributed by atoms with van der Waals surface area (Å²) in [4.78, 5) is 26.4. The summed E-state index contributed by atoms with van der Waals surface area (Å²) in [6.45, 7) is 6.20. The number of fused-ring (bicyclic) bond motifs is 1. The molecule has 8 heteroatoms. The lowest BCUT2D eigenvalue weighted by molar-refractivity contribution is -0.126. The van der Waals surface area contributed by atoms with Crippen molar-refractivity contribution in [1.82, 2.24) is 20.4 Å². The number of aromatic nitrogens is 2. The van der Waals surface area contributed by atoms with Gasteiger partial charge in [0.1, 0.15) is 6.04 Å². The lowest BCUT2D eigenvalue weighted by Crippen LogP contribution is -2.56. The number of nitrogens with zero attached hydrogens (tertiary/aromatic N) is 3. The van der Waals surface area contributed by atoms with E-state index < -0.39 is 17.4 Å². The van der Waals surface area contributed by atoms with Crippen LogP contribution in [0.25, 0.3) is 10.9 Å². The van der Waals surface area contributed by atoms with E-state index in [1.165, 1.54) is 0 Å². The van der Waals surface area contributed by atoms with E-state index in [1.807, 2.05) is 39.0 Å². The van der Waals surface area contributed by atoms with Crippen LogP contribution in [-0.2, 0) is 11.3 Å². The molecule has 4 rings (SSSR count). The molecule has 0 radical (unpaired) electrons. The second-order valence-corrected chi connectivity index (χ2v) is 10.3. The lowest BCUT2D eigenvalue weighted by Gasteiger charge is -2.34. The maximum absolute atomic E-state index is 13.4. The van der Waals surface area contributed by atoms with Crippen LogP contribution in [0.2, 0.25) is 5.02 Å². The molecule has 7 nitrogen and oxygen atoms in total. The van der Waals surface area contributed by atoms with Crippen LogP contribution in [0.15, 0.2) is 42.5 Å². The van der Waals surface area contributed by atoms with E-state index >= 15 is 0 Å². The van der Waals surface area contributed by atoms with E-state index in [0.29, 0.717) is 22.5 Å². The van der Waals surface area contributed by atoms with Gasteiger partial charge >= 0.3 is 0 Å². The van der Waals surface area contributed by atoms with Gasteiger partial charge in [0, 0.05) is 16.5 Å². The molecule has 1 aliphatic carbocycles. The number of amides is 2. The van der Waals surface area contributed by atoms with Crippen molar-refractivity contribution in [1.29, 1.82) is 5.26 Å². The molecular formula is C26H28ClN5O2. The summed E-state index contributed by atoms with van der Waals surface area (Å²) in [6.07, 6.45) is 3.06. The molecular weight excluding hydrogens is 450 g/mol. The predicted octanol–water partition coefficient (Wildman–Crippen LogP) is 4.42. The molecule has 1 fully saturated rings. The van der Waals surface area contributed by atoms with E-state index in [4.69, 9.17) is 16.9 Å². The summed E-state index contributed by atoms with van der Waals surface area (Å²) in [5.41, 5.74) is 2.01. The number of hydrogen-bond acceptors (Lipinski definition) is 4. The largest absolute Gasteiger partial charge is 0.352 e. The SMILES string of the molecule is CC(C)(C)[C@H](NC(=O)c1nn(Cc2ccc(C#N)cc2)c2ccc(Cl)cc12)C(=O)NC1CCC1. The molecule has 34 heavy (non-hydrogen) atoms. The number of carbonyl (C=O) groups is 2. The molecule has 1 aliphatic rings. The van der Waals surface area contributed by atoms with Crippen LogP contribution in [0.4, 0.5) is 0 Å². The molecule has 0 unspecified atom stereocenters. The first-order valence-electron chi connectivity index (χ1n) is 11.4. The Balaban J connectivity index is 1.64. The summed E-state index contributed by atoms with van der Waals surface area (Å²) in [5.74, 6) is -0.598. The highest BCUT2D eigenvalue weighted by molar-refractivity contribution is 6.31. The number of nitrogens with one attached hydrogen (secondary N) is 2. The van der Waals surface area contributed by atoms with Crippen LogP contribution in [0.3, 0.4) is 0 Å². The molecule has 2 aromatic carbocycles. The molecule has 1 aromatic heterocycles. The zero-order valence-corrected chi connectivity index (χ0v) is 20.3. The van der Waals surface area contributed by atoms with Gasteiger partial charge < -0.3 is 10.6 Å². The average Bonchev–Trinajstić information content (AvgIpc) is 3.11. The molecule has 2 N–H and O–H groups in total. The van der Waals surface area contributed by atoms with Crippen LogP contribution in [0.5, 0.6) is 0 Å². The van der Waals surface area contributed by atoms with Gasteiger partial charge in [0.25, 0.3) is 5.91 Å². The van der Waals surface area contributed by atoms with Gasteiger partial charge in [-0.2, -0.15) is 10.4 Å². The molecule has 0 saturated heterocycles. The highest BCUT2D eigenvalue weighted by atomic mass is 35.5.